The molecule has 0 aliphatic carbocycles. The summed E-state index contributed by atoms with van der Waals surface area (Å²) in [4.78, 5) is 0. The van der Waals surface area contributed by atoms with Crippen molar-refractivity contribution in [3.63, 3.8) is 0 Å². The molecule has 0 saturated heterocycles. The highest BCUT2D eigenvalue weighted by atomic mass is 19.2. The van der Waals surface area contributed by atoms with Gasteiger partial charge in [-0.05, 0) is 55.8 Å². The first-order valence-electron chi connectivity index (χ1n) is 9.19. The summed E-state index contributed by atoms with van der Waals surface area (Å²) in [6.45, 7) is 3.78. The third kappa shape index (κ3) is 4.70. The molecule has 0 fully saturated rings. The maximum absolute atomic E-state index is 14.3. The van der Waals surface area contributed by atoms with Crippen LogP contribution in [0.25, 0.3) is 17.2 Å². The van der Waals surface area contributed by atoms with Crippen LogP contribution in [0.15, 0.2) is 60.7 Å². The van der Waals surface area contributed by atoms with E-state index in [4.69, 9.17) is 4.74 Å². The molecule has 3 aromatic carbocycles. The van der Waals surface area contributed by atoms with Crippen LogP contribution < -0.4 is 4.74 Å². The van der Waals surface area contributed by atoms with E-state index in [1.54, 1.807) is 55.5 Å². The van der Waals surface area contributed by atoms with Gasteiger partial charge in [-0.25, -0.2) is 8.78 Å². The Labute approximate surface area is 168 Å². The lowest BCUT2D eigenvalue weighted by atomic mass is 10.0. The van der Waals surface area contributed by atoms with Crippen LogP contribution >= 0.6 is 0 Å². The van der Waals surface area contributed by atoms with E-state index in [0.717, 1.165) is 0 Å². The zero-order chi connectivity index (χ0) is 20.8. The minimum Gasteiger partial charge on any atom is -0.491 e. The molecule has 0 saturated carbocycles. The van der Waals surface area contributed by atoms with Gasteiger partial charge in [0.05, 0.1) is 6.61 Å². The molecule has 0 amide bonds. The number of hydrogen-bond acceptors (Lipinski definition) is 1. The first-order chi connectivity index (χ1) is 14.0. The molecular weight excluding hydrogens is 373 g/mol. The van der Waals surface area contributed by atoms with Crippen LogP contribution in [0.5, 0.6) is 5.75 Å². The van der Waals surface area contributed by atoms with Crippen LogP contribution in [0.3, 0.4) is 0 Å². The first kappa shape index (κ1) is 20.3. The molecule has 0 unspecified atom stereocenters. The second kappa shape index (κ2) is 9.16. The molecule has 0 aliphatic rings. The zero-order valence-electron chi connectivity index (χ0n) is 16.1. The van der Waals surface area contributed by atoms with Gasteiger partial charge in [-0.2, -0.15) is 4.39 Å². The molecule has 0 bridgehead atoms. The summed E-state index contributed by atoms with van der Waals surface area (Å²) in [7, 11) is 0. The lowest BCUT2D eigenvalue weighted by Gasteiger charge is -2.09. The van der Waals surface area contributed by atoms with Gasteiger partial charge in [0.2, 0.25) is 5.82 Å². The summed E-state index contributed by atoms with van der Waals surface area (Å²) in [6.07, 6.45) is 3.46. The van der Waals surface area contributed by atoms with Crippen molar-refractivity contribution in [1.82, 2.24) is 0 Å². The summed E-state index contributed by atoms with van der Waals surface area (Å²) < 4.78 is 47.4. The van der Waals surface area contributed by atoms with Crippen LogP contribution in [0.2, 0.25) is 0 Å². The maximum atomic E-state index is 14.3. The SMILES string of the molecule is C/C=C/c1ccc(C#Cc2ccc(-c3ccc(OCC)c(F)c3F)cc2)cc1F. The minimum atomic E-state index is -1.00. The quantitative estimate of drug-likeness (QED) is 0.455. The Morgan fingerprint density at radius 3 is 2.21 bits per heavy atom. The van der Waals surface area contributed by atoms with Crippen molar-refractivity contribution in [2.24, 2.45) is 0 Å². The minimum absolute atomic E-state index is 0.107. The fourth-order valence-electron chi connectivity index (χ4n) is 2.82. The van der Waals surface area contributed by atoms with E-state index in [1.807, 2.05) is 6.92 Å². The molecule has 0 spiro atoms. The molecule has 4 heteroatoms. The molecular formula is C25H19F3O. The van der Waals surface area contributed by atoms with Crippen molar-refractivity contribution in [2.45, 2.75) is 13.8 Å². The summed E-state index contributed by atoms with van der Waals surface area (Å²) in [5.41, 5.74) is 2.41. The summed E-state index contributed by atoms with van der Waals surface area (Å²) in [5.74, 6) is 3.46. The monoisotopic (exact) mass is 392 g/mol. The van der Waals surface area contributed by atoms with Gasteiger partial charge < -0.3 is 4.74 Å². The van der Waals surface area contributed by atoms with Crippen LogP contribution in [0, 0.1) is 29.3 Å². The van der Waals surface area contributed by atoms with E-state index >= 15 is 0 Å². The standard InChI is InChI=1S/C25H19F3O/c1-3-5-20-13-10-18(16-22(20)26)7-6-17-8-11-19(12-9-17)21-14-15-23(29-4-2)25(28)24(21)27/h3,5,8-16H,4H2,1-2H3/b5-3+. The number of halogens is 3. The van der Waals surface area contributed by atoms with Crippen LogP contribution in [0.1, 0.15) is 30.5 Å². The molecule has 0 radical (unpaired) electrons. The smallest absolute Gasteiger partial charge is 0.201 e. The predicted molar refractivity (Wildman–Crippen MR) is 110 cm³/mol. The van der Waals surface area contributed by atoms with Gasteiger partial charge in [-0.15, -0.1) is 0 Å². The second-order valence-electron chi connectivity index (χ2n) is 6.24. The molecule has 146 valence electrons. The Bertz CT molecular complexity index is 1100. The Morgan fingerprint density at radius 2 is 1.55 bits per heavy atom. The molecule has 3 rings (SSSR count). The molecule has 3 aromatic rings. The van der Waals surface area contributed by atoms with Crippen molar-refractivity contribution < 1.29 is 17.9 Å². The maximum Gasteiger partial charge on any atom is 0.201 e. The van der Waals surface area contributed by atoms with E-state index in [-0.39, 0.29) is 23.7 Å². The Balaban J connectivity index is 1.83. The topological polar surface area (TPSA) is 9.23 Å². The van der Waals surface area contributed by atoms with Gasteiger partial charge in [0.1, 0.15) is 5.82 Å². The van der Waals surface area contributed by atoms with E-state index in [0.29, 0.717) is 22.3 Å². The molecule has 0 heterocycles. The predicted octanol–water partition coefficient (Wildman–Crippen LogP) is 6.60. The van der Waals surface area contributed by atoms with Crippen LogP contribution in [-0.2, 0) is 0 Å². The lowest BCUT2D eigenvalue weighted by molar-refractivity contribution is 0.314. The van der Waals surface area contributed by atoms with Crippen molar-refractivity contribution in [2.75, 3.05) is 6.61 Å². The number of allylic oxidation sites excluding steroid dienone is 1. The van der Waals surface area contributed by atoms with Crippen LogP contribution in [-0.4, -0.2) is 6.61 Å². The number of benzene rings is 3. The molecule has 0 atom stereocenters. The van der Waals surface area contributed by atoms with Crippen molar-refractivity contribution in [3.8, 4) is 28.7 Å². The Kier molecular flexibility index (Phi) is 6.41. The summed E-state index contributed by atoms with van der Waals surface area (Å²) in [5, 5.41) is 0. The average Bonchev–Trinajstić information content (AvgIpc) is 2.73. The van der Waals surface area contributed by atoms with Gasteiger partial charge >= 0.3 is 0 Å². The van der Waals surface area contributed by atoms with Crippen molar-refractivity contribution in [3.05, 3.63) is 94.8 Å². The van der Waals surface area contributed by atoms with E-state index in [2.05, 4.69) is 11.8 Å². The van der Waals surface area contributed by atoms with Gasteiger partial charge in [0, 0.05) is 22.3 Å². The molecule has 0 aromatic heterocycles. The molecule has 1 nitrogen and oxygen atoms in total. The third-order valence-corrected chi connectivity index (χ3v) is 4.24. The van der Waals surface area contributed by atoms with Gasteiger partial charge in [-0.3, -0.25) is 0 Å². The van der Waals surface area contributed by atoms with Crippen LogP contribution in [0.4, 0.5) is 13.2 Å². The Morgan fingerprint density at radius 1 is 0.862 bits per heavy atom. The van der Waals surface area contributed by atoms with Gasteiger partial charge in [0.15, 0.2) is 11.6 Å². The average molecular weight is 392 g/mol. The summed E-state index contributed by atoms with van der Waals surface area (Å²) >= 11 is 0. The number of hydrogen-bond donors (Lipinski definition) is 0. The van der Waals surface area contributed by atoms with E-state index in [9.17, 15) is 13.2 Å². The highest BCUT2D eigenvalue weighted by molar-refractivity contribution is 5.66. The normalized spacial score (nSPS) is 10.7. The fourth-order valence-corrected chi connectivity index (χ4v) is 2.82. The summed E-state index contributed by atoms with van der Waals surface area (Å²) in [6, 6.07) is 14.5. The first-order valence-corrected chi connectivity index (χ1v) is 9.19. The third-order valence-electron chi connectivity index (χ3n) is 4.24. The molecule has 0 N–H and O–H groups in total. The second-order valence-corrected chi connectivity index (χ2v) is 6.24. The van der Waals surface area contributed by atoms with E-state index in [1.165, 1.54) is 18.2 Å². The molecule has 29 heavy (non-hydrogen) atoms. The van der Waals surface area contributed by atoms with E-state index < -0.39 is 11.6 Å². The fraction of sp³-hybridized carbons (Fsp3) is 0.120. The number of ether oxygens (including phenoxy) is 1. The Hall–Kier alpha value is -3.45. The molecule has 0 aliphatic heterocycles. The largest absolute Gasteiger partial charge is 0.491 e. The number of rotatable bonds is 4. The highest BCUT2D eigenvalue weighted by Crippen LogP contribution is 2.30. The van der Waals surface area contributed by atoms with Crippen molar-refractivity contribution >= 4 is 6.08 Å². The van der Waals surface area contributed by atoms with Crippen molar-refractivity contribution in [1.29, 1.82) is 0 Å². The zero-order valence-corrected chi connectivity index (χ0v) is 16.1. The van der Waals surface area contributed by atoms with Gasteiger partial charge in [-0.1, -0.05) is 42.2 Å². The lowest BCUT2D eigenvalue weighted by Crippen LogP contribution is -1.98. The highest BCUT2D eigenvalue weighted by Gasteiger charge is 2.15. The van der Waals surface area contributed by atoms with Gasteiger partial charge in [0.25, 0.3) is 0 Å².